The van der Waals surface area contributed by atoms with E-state index in [0.29, 0.717) is 11.3 Å². The molecule has 0 atom stereocenters. The van der Waals surface area contributed by atoms with Crippen molar-refractivity contribution in [2.75, 3.05) is 12.3 Å². The fraction of sp³-hybridized carbons (Fsp3) is 0.615. The van der Waals surface area contributed by atoms with Gasteiger partial charge in [0.25, 0.3) is 0 Å². The summed E-state index contributed by atoms with van der Waals surface area (Å²) in [6.07, 6.45) is 6.62. The monoisotopic (exact) mass is 262 g/mol. The first-order chi connectivity index (χ1) is 9.03. The van der Waals surface area contributed by atoms with Gasteiger partial charge < -0.3 is 16.0 Å². The number of hydrogen-bond donors (Lipinski definition) is 2. The quantitative estimate of drug-likeness (QED) is 0.770. The van der Waals surface area contributed by atoms with Crippen LogP contribution in [0.5, 0.6) is 0 Å². The summed E-state index contributed by atoms with van der Waals surface area (Å²) in [6.45, 7) is 6.03. The SMILES string of the molecule is CC(C)(CN)CCCCn1cnc2c(N)ncnc21. The Morgan fingerprint density at radius 3 is 2.74 bits per heavy atom. The minimum absolute atomic E-state index is 0.226. The third-order valence-electron chi connectivity index (χ3n) is 3.48. The molecule has 0 fully saturated rings. The van der Waals surface area contributed by atoms with Crippen LogP contribution in [0.25, 0.3) is 11.2 Å². The van der Waals surface area contributed by atoms with Crippen LogP contribution >= 0.6 is 0 Å². The van der Waals surface area contributed by atoms with Gasteiger partial charge >= 0.3 is 0 Å². The van der Waals surface area contributed by atoms with Crippen molar-refractivity contribution in [2.24, 2.45) is 11.1 Å². The molecule has 2 rings (SSSR count). The van der Waals surface area contributed by atoms with E-state index < -0.39 is 0 Å². The predicted octanol–water partition coefficient (Wildman–Crippen LogP) is 1.56. The second kappa shape index (κ2) is 5.52. The Labute approximate surface area is 113 Å². The van der Waals surface area contributed by atoms with E-state index in [1.165, 1.54) is 6.33 Å². The number of imidazole rings is 1. The molecular formula is C13H22N6. The Kier molecular flexibility index (Phi) is 3.99. The van der Waals surface area contributed by atoms with Crippen LogP contribution in [0, 0.1) is 5.41 Å². The van der Waals surface area contributed by atoms with Gasteiger partial charge in [-0.25, -0.2) is 15.0 Å². The highest BCUT2D eigenvalue weighted by molar-refractivity contribution is 5.80. The molecule has 0 spiro atoms. The number of nitrogens with zero attached hydrogens (tertiary/aromatic N) is 4. The van der Waals surface area contributed by atoms with Gasteiger partial charge in [-0.15, -0.1) is 0 Å². The second-order valence-electron chi connectivity index (χ2n) is 5.69. The lowest BCUT2D eigenvalue weighted by Gasteiger charge is -2.21. The summed E-state index contributed by atoms with van der Waals surface area (Å²) >= 11 is 0. The molecule has 2 heterocycles. The van der Waals surface area contributed by atoms with Gasteiger partial charge in [0.05, 0.1) is 6.33 Å². The average molecular weight is 262 g/mol. The lowest BCUT2D eigenvalue weighted by molar-refractivity contribution is 0.329. The zero-order valence-electron chi connectivity index (χ0n) is 11.6. The minimum atomic E-state index is 0.226. The maximum atomic E-state index is 5.76. The van der Waals surface area contributed by atoms with Gasteiger partial charge in [0.15, 0.2) is 11.5 Å². The Morgan fingerprint density at radius 1 is 1.21 bits per heavy atom. The molecule has 0 aliphatic heterocycles. The molecule has 0 aliphatic rings. The first-order valence-corrected chi connectivity index (χ1v) is 6.65. The maximum Gasteiger partial charge on any atom is 0.165 e. The topological polar surface area (TPSA) is 95.6 Å². The molecule has 2 aromatic heterocycles. The zero-order chi connectivity index (χ0) is 13.9. The number of anilines is 1. The van der Waals surface area contributed by atoms with Crippen molar-refractivity contribution in [2.45, 2.75) is 39.7 Å². The predicted molar refractivity (Wildman–Crippen MR) is 76.4 cm³/mol. The smallest absolute Gasteiger partial charge is 0.165 e. The van der Waals surface area contributed by atoms with Gasteiger partial charge in [-0.05, 0) is 24.8 Å². The third kappa shape index (κ3) is 3.20. The summed E-state index contributed by atoms with van der Waals surface area (Å²) in [5.41, 5.74) is 13.2. The molecule has 0 unspecified atom stereocenters. The number of aromatic nitrogens is 4. The van der Waals surface area contributed by atoms with Crippen molar-refractivity contribution >= 4 is 17.0 Å². The summed E-state index contributed by atoms with van der Waals surface area (Å²) in [4.78, 5) is 12.4. The highest BCUT2D eigenvalue weighted by Crippen LogP contribution is 2.22. The van der Waals surface area contributed by atoms with E-state index in [0.717, 1.165) is 38.0 Å². The van der Waals surface area contributed by atoms with Crippen LogP contribution in [0.3, 0.4) is 0 Å². The number of aryl methyl sites for hydroxylation is 1. The normalized spacial score (nSPS) is 12.2. The zero-order valence-corrected chi connectivity index (χ0v) is 11.6. The van der Waals surface area contributed by atoms with E-state index >= 15 is 0 Å². The Balaban J connectivity index is 1.94. The summed E-state index contributed by atoms with van der Waals surface area (Å²) in [6, 6.07) is 0. The molecule has 0 bridgehead atoms. The number of nitrogen functional groups attached to an aromatic ring is 1. The number of unbranched alkanes of at least 4 members (excludes halogenated alkanes) is 1. The van der Waals surface area contributed by atoms with Crippen LogP contribution in [-0.4, -0.2) is 26.1 Å². The molecule has 0 saturated heterocycles. The van der Waals surface area contributed by atoms with E-state index in [-0.39, 0.29) is 5.41 Å². The van der Waals surface area contributed by atoms with E-state index in [9.17, 15) is 0 Å². The molecule has 0 saturated carbocycles. The number of rotatable bonds is 6. The minimum Gasteiger partial charge on any atom is -0.382 e. The molecule has 4 N–H and O–H groups in total. The molecule has 0 aromatic carbocycles. The summed E-state index contributed by atoms with van der Waals surface area (Å²) in [7, 11) is 0. The molecule has 0 amide bonds. The molecule has 2 aromatic rings. The Bertz CT molecular complexity index is 545. The largest absolute Gasteiger partial charge is 0.382 e. The van der Waals surface area contributed by atoms with Crippen LogP contribution in [0.15, 0.2) is 12.7 Å². The van der Waals surface area contributed by atoms with Crippen LogP contribution in [0.2, 0.25) is 0 Å². The lowest BCUT2D eigenvalue weighted by Crippen LogP contribution is -2.23. The van der Waals surface area contributed by atoms with Crippen molar-refractivity contribution in [3.8, 4) is 0 Å². The first-order valence-electron chi connectivity index (χ1n) is 6.65. The Morgan fingerprint density at radius 2 is 2.00 bits per heavy atom. The van der Waals surface area contributed by atoms with E-state index in [2.05, 4.69) is 28.8 Å². The average Bonchev–Trinajstić information content (AvgIpc) is 2.80. The molecule has 104 valence electrons. The van der Waals surface area contributed by atoms with E-state index in [1.54, 1.807) is 6.33 Å². The highest BCUT2D eigenvalue weighted by atomic mass is 15.1. The standard InChI is InChI=1S/C13H22N6/c1-13(2,7-14)5-3-4-6-19-9-18-10-11(15)16-8-17-12(10)19/h8-9H,3-7,14H2,1-2H3,(H2,15,16,17). The molecule has 19 heavy (non-hydrogen) atoms. The van der Waals surface area contributed by atoms with Crippen molar-refractivity contribution in [1.29, 1.82) is 0 Å². The van der Waals surface area contributed by atoms with Gasteiger partial charge in [0, 0.05) is 6.54 Å². The molecule has 6 nitrogen and oxygen atoms in total. The van der Waals surface area contributed by atoms with Gasteiger partial charge in [-0.1, -0.05) is 20.3 Å². The lowest BCUT2D eigenvalue weighted by atomic mass is 9.87. The molecule has 0 radical (unpaired) electrons. The van der Waals surface area contributed by atoms with Crippen LogP contribution in [-0.2, 0) is 6.54 Å². The highest BCUT2D eigenvalue weighted by Gasteiger charge is 2.14. The molecular weight excluding hydrogens is 240 g/mol. The first kappa shape index (κ1) is 13.7. The maximum absolute atomic E-state index is 5.76. The van der Waals surface area contributed by atoms with Crippen molar-refractivity contribution in [1.82, 2.24) is 19.5 Å². The third-order valence-corrected chi connectivity index (χ3v) is 3.48. The second-order valence-corrected chi connectivity index (χ2v) is 5.69. The van der Waals surface area contributed by atoms with Crippen LogP contribution < -0.4 is 11.5 Å². The molecule has 6 heteroatoms. The number of fused-ring (bicyclic) bond motifs is 1. The summed E-state index contributed by atoms with van der Waals surface area (Å²) < 4.78 is 2.03. The molecule has 0 aliphatic carbocycles. The van der Waals surface area contributed by atoms with Crippen LogP contribution in [0.4, 0.5) is 5.82 Å². The number of hydrogen-bond acceptors (Lipinski definition) is 5. The summed E-state index contributed by atoms with van der Waals surface area (Å²) in [5.74, 6) is 0.438. The fourth-order valence-corrected chi connectivity index (χ4v) is 2.05. The Hall–Kier alpha value is -1.69. The van der Waals surface area contributed by atoms with E-state index in [1.807, 2.05) is 4.57 Å². The van der Waals surface area contributed by atoms with Crippen molar-refractivity contribution in [3.05, 3.63) is 12.7 Å². The van der Waals surface area contributed by atoms with Gasteiger partial charge in [0.1, 0.15) is 11.8 Å². The van der Waals surface area contributed by atoms with Gasteiger partial charge in [0.2, 0.25) is 0 Å². The summed E-state index contributed by atoms with van der Waals surface area (Å²) in [5, 5.41) is 0. The van der Waals surface area contributed by atoms with Gasteiger partial charge in [-0.3, -0.25) is 0 Å². The van der Waals surface area contributed by atoms with Gasteiger partial charge in [-0.2, -0.15) is 0 Å². The van der Waals surface area contributed by atoms with Crippen molar-refractivity contribution in [3.63, 3.8) is 0 Å². The van der Waals surface area contributed by atoms with Crippen LogP contribution in [0.1, 0.15) is 33.1 Å². The van der Waals surface area contributed by atoms with E-state index in [4.69, 9.17) is 11.5 Å². The fourth-order valence-electron chi connectivity index (χ4n) is 2.05. The number of nitrogens with two attached hydrogens (primary N) is 2. The van der Waals surface area contributed by atoms with Crippen molar-refractivity contribution < 1.29 is 0 Å².